The molecule has 5 heteroatoms. The van der Waals surface area contributed by atoms with Gasteiger partial charge in [-0.15, -0.1) is 12.4 Å². The number of hydrogen-bond donors (Lipinski definition) is 1. The first-order chi connectivity index (χ1) is 11.4. The zero-order chi connectivity index (χ0) is 17.7. The van der Waals surface area contributed by atoms with E-state index in [0.29, 0.717) is 11.8 Å². The third kappa shape index (κ3) is 5.89. The lowest BCUT2D eigenvalue weighted by atomic mass is 9.97. The van der Waals surface area contributed by atoms with Crippen LogP contribution in [0.3, 0.4) is 0 Å². The number of piperidine rings is 1. The van der Waals surface area contributed by atoms with Crippen LogP contribution in [-0.4, -0.2) is 43.6 Å². The number of likely N-dealkylation sites (tertiary alicyclic amines) is 1. The fraction of sp³-hybridized carbons (Fsp3) is 0.650. The van der Waals surface area contributed by atoms with E-state index in [1.54, 1.807) is 0 Å². The number of carbonyl (C=O) groups is 1. The molecule has 1 aliphatic heterocycles. The van der Waals surface area contributed by atoms with E-state index in [1.165, 1.54) is 17.5 Å². The molecule has 0 radical (unpaired) electrons. The number of halogens is 1. The van der Waals surface area contributed by atoms with Crippen molar-refractivity contribution in [2.45, 2.75) is 52.6 Å². The maximum atomic E-state index is 12.7. The second-order valence-corrected chi connectivity index (χ2v) is 7.28. The zero-order valence-electron chi connectivity index (χ0n) is 16.2. The minimum atomic E-state index is -0.442. The summed E-state index contributed by atoms with van der Waals surface area (Å²) in [6.45, 7) is 11.0. The van der Waals surface area contributed by atoms with Gasteiger partial charge in [-0.25, -0.2) is 0 Å². The van der Waals surface area contributed by atoms with Crippen LogP contribution in [0.5, 0.6) is 5.75 Å². The molecule has 0 saturated carbocycles. The van der Waals surface area contributed by atoms with Crippen LogP contribution in [0.2, 0.25) is 0 Å². The molecule has 142 valence electrons. The number of carbonyl (C=O) groups excluding carboxylic acids is 1. The first-order valence-corrected chi connectivity index (χ1v) is 9.13. The Balaban J connectivity index is 0.00000312. The van der Waals surface area contributed by atoms with Crippen LogP contribution in [-0.2, 0) is 4.79 Å². The summed E-state index contributed by atoms with van der Waals surface area (Å²) in [6, 6.07) is 6.13. The predicted molar refractivity (Wildman–Crippen MR) is 106 cm³/mol. The summed E-state index contributed by atoms with van der Waals surface area (Å²) >= 11 is 0. The van der Waals surface area contributed by atoms with Crippen molar-refractivity contribution in [3.05, 3.63) is 29.3 Å². The molecule has 1 amide bonds. The highest BCUT2D eigenvalue weighted by atomic mass is 35.5. The number of nitrogens with one attached hydrogen (secondary N) is 1. The lowest BCUT2D eigenvalue weighted by Crippen LogP contribution is -2.47. The van der Waals surface area contributed by atoms with Gasteiger partial charge in [0.2, 0.25) is 0 Å². The molecule has 0 bridgehead atoms. The van der Waals surface area contributed by atoms with Gasteiger partial charge in [-0.3, -0.25) is 4.79 Å². The summed E-state index contributed by atoms with van der Waals surface area (Å²) in [5, 5.41) is 3.22. The molecule has 2 unspecified atom stereocenters. The SMILES string of the molecule is CNCC1CCCN(C(=O)C(C)Oc2ccc(C(C)C)c(C)c2)C1.Cl. The van der Waals surface area contributed by atoms with Crippen LogP contribution in [0.15, 0.2) is 18.2 Å². The normalized spacial score (nSPS) is 18.6. The van der Waals surface area contributed by atoms with Crippen molar-refractivity contribution in [1.82, 2.24) is 10.2 Å². The summed E-state index contributed by atoms with van der Waals surface area (Å²) in [6.07, 6.45) is 1.82. The van der Waals surface area contributed by atoms with Crippen molar-refractivity contribution in [3.8, 4) is 5.75 Å². The standard InChI is InChI=1S/C20H32N2O2.ClH/c1-14(2)19-9-8-18(11-15(19)3)24-16(4)20(23)22-10-6-7-17(13-22)12-21-5;/h8-9,11,14,16-17,21H,6-7,10,12-13H2,1-5H3;1H. The summed E-state index contributed by atoms with van der Waals surface area (Å²) in [5.74, 6) is 1.92. The van der Waals surface area contributed by atoms with Crippen molar-refractivity contribution in [1.29, 1.82) is 0 Å². The van der Waals surface area contributed by atoms with E-state index in [2.05, 4.69) is 32.2 Å². The minimum absolute atomic E-state index is 0. The quantitative estimate of drug-likeness (QED) is 0.831. The summed E-state index contributed by atoms with van der Waals surface area (Å²) in [5.41, 5.74) is 2.54. The van der Waals surface area contributed by atoms with Crippen molar-refractivity contribution in [3.63, 3.8) is 0 Å². The van der Waals surface area contributed by atoms with Crippen molar-refractivity contribution in [2.75, 3.05) is 26.7 Å². The van der Waals surface area contributed by atoms with Crippen LogP contribution < -0.4 is 10.1 Å². The Morgan fingerprint density at radius 1 is 1.36 bits per heavy atom. The van der Waals surface area contributed by atoms with Crippen LogP contribution in [0.25, 0.3) is 0 Å². The second kappa shape index (κ2) is 10.0. The van der Waals surface area contributed by atoms with Crippen molar-refractivity contribution < 1.29 is 9.53 Å². The van der Waals surface area contributed by atoms with Crippen molar-refractivity contribution >= 4 is 18.3 Å². The number of nitrogens with zero attached hydrogens (tertiary/aromatic N) is 1. The Bertz CT molecular complexity index is 561. The van der Waals surface area contributed by atoms with Gasteiger partial charge >= 0.3 is 0 Å². The molecule has 1 heterocycles. The van der Waals surface area contributed by atoms with Crippen molar-refractivity contribution in [2.24, 2.45) is 5.92 Å². The highest BCUT2D eigenvalue weighted by Crippen LogP contribution is 2.25. The Kier molecular flexibility index (Phi) is 8.74. The van der Waals surface area contributed by atoms with E-state index in [4.69, 9.17) is 4.74 Å². The predicted octanol–water partition coefficient (Wildman–Crippen LogP) is 3.77. The molecule has 1 fully saturated rings. The largest absolute Gasteiger partial charge is 0.481 e. The molecule has 1 aromatic rings. The molecule has 1 N–H and O–H groups in total. The van der Waals surface area contributed by atoms with Gasteiger partial charge < -0.3 is 15.0 Å². The molecular weight excluding hydrogens is 336 g/mol. The third-order valence-corrected chi connectivity index (χ3v) is 4.85. The number of rotatable bonds is 6. The highest BCUT2D eigenvalue weighted by molar-refractivity contribution is 5.85. The van der Waals surface area contributed by atoms with Crippen LogP contribution in [0.1, 0.15) is 50.7 Å². The molecular formula is C20H33ClN2O2. The zero-order valence-corrected chi connectivity index (χ0v) is 17.0. The Hall–Kier alpha value is -1.26. The smallest absolute Gasteiger partial charge is 0.263 e. The summed E-state index contributed by atoms with van der Waals surface area (Å²) < 4.78 is 5.93. The molecule has 25 heavy (non-hydrogen) atoms. The van der Waals surface area contributed by atoms with Crippen LogP contribution in [0.4, 0.5) is 0 Å². The maximum absolute atomic E-state index is 12.7. The number of hydrogen-bond acceptors (Lipinski definition) is 3. The molecule has 2 rings (SSSR count). The molecule has 4 nitrogen and oxygen atoms in total. The van der Waals surface area contributed by atoms with E-state index >= 15 is 0 Å². The van der Waals surface area contributed by atoms with Gasteiger partial charge in [0.05, 0.1) is 0 Å². The first-order valence-electron chi connectivity index (χ1n) is 9.13. The van der Waals surface area contributed by atoms with Gasteiger partial charge in [-0.1, -0.05) is 19.9 Å². The average Bonchev–Trinajstić information content (AvgIpc) is 2.54. The van der Waals surface area contributed by atoms with E-state index in [9.17, 15) is 4.79 Å². The van der Waals surface area contributed by atoms with E-state index in [0.717, 1.165) is 31.8 Å². The minimum Gasteiger partial charge on any atom is -0.481 e. The van der Waals surface area contributed by atoms with Gasteiger partial charge in [-0.2, -0.15) is 0 Å². The molecule has 2 atom stereocenters. The number of benzene rings is 1. The molecule has 0 aliphatic carbocycles. The van der Waals surface area contributed by atoms with Gasteiger partial charge in [0.15, 0.2) is 6.10 Å². The highest BCUT2D eigenvalue weighted by Gasteiger charge is 2.27. The van der Waals surface area contributed by atoms with Crippen LogP contribution >= 0.6 is 12.4 Å². The first kappa shape index (κ1) is 21.8. The monoisotopic (exact) mass is 368 g/mol. The van der Waals surface area contributed by atoms with Gasteiger partial charge in [-0.05, 0) is 75.4 Å². The molecule has 1 aliphatic rings. The second-order valence-electron chi connectivity index (χ2n) is 7.28. The van der Waals surface area contributed by atoms with Crippen LogP contribution in [0, 0.1) is 12.8 Å². The fourth-order valence-electron chi connectivity index (χ4n) is 3.60. The lowest BCUT2D eigenvalue weighted by molar-refractivity contribution is -0.139. The number of ether oxygens (including phenoxy) is 1. The number of aryl methyl sites for hydroxylation is 1. The molecule has 1 saturated heterocycles. The van der Waals surface area contributed by atoms with Gasteiger partial charge in [0, 0.05) is 13.1 Å². The Morgan fingerprint density at radius 3 is 2.68 bits per heavy atom. The maximum Gasteiger partial charge on any atom is 0.263 e. The topological polar surface area (TPSA) is 41.6 Å². The fourth-order valence-corrected chi connectivity index (χ4v) is 3.60. The average molecular weight is 369 g/mol. The Labute approximate surface area is 158 Å². The van der Waals surface area contributed by atoms with E-state index < -0.39 is 6.10 Å². The Morgan fingerprint density at radius 2 is 2.08 bits per heavy atom. The number of amides is 1. The summed E-state index contributed by atoms with van der Waals surface area (Å²) in [7, 11) is 1.97. The van der Waals surface area contributed by atoms with Gasteiger partial charge in [0.1, 0.15) is 5.75 Å². The third-order valence-electron chi connectivity index (χ3n) is 4.85. The summed E-state index contributed by atoms with van der Waals surface area (Å²) in [4.78, 5) is 14.7. The molecule has 0 aromatic heterocycles. The van der Waals surface area contributed by atoms with E-state index in [-0.39, 0.29) is 18.3 Å². The van der Waals surface area contributed by atoms with Gasteiger partial charge in [0.25, 0.3) is 5.91 Å². The lowest BCUT2D eigenvalue weighted by Gasteiger charge is -2.34. The molecule has 0 spiro atoms. The van der Waals surface area contributed by atoms with E-state index in [1.807, 2.05) is 31.0 Å². The molecule has 1 aromatic carbocycles.